The van der Waals surface area contributed by atoms with E-state index in [1.807, 2.05) is 0 Å². The molecular formula is C20H13F4MnN3O2. The monoisotopic (exact) mass is 458 g/mol. The number of hydrogen-bond acceptors (Lipinski definition) is 4. The molecule has 10 heteroatoms. The van der Waals surface area contributed by atoms with Gasteiger partial charge < -0.3 is 5.11 Å². The predicted octanol–water partition coefficient (Wildman–Crippen LogP) is 4.16. The molecule has 3 rings (SSSR count). The number of rotatable bonds is 3. The van der Waals surface area contributed by atoms with E-state index in [0.29, 0.717) is 11.1 Å². The van der Waals surface area contributed by atoms with Crippen molar-refractivity contribution in [1.82, 2.24) is 9.78 Å². The first-order valence-electron chi connectivity index (χ1n) is 8.27. The van der Waals surface area contributed by atoms with E-state index in [-0.39, 0.29) is 38.6 Å². The van der Waals surface area contributed by atoms with Gasteiger partial charge in [0.1, 0.15) is 22.9 Å². The number of carbonyl (C=O) groups is 1. The second kappa shape index (κ2) is 8.30. The summed E-state index contributed by atoms with van der Waals surface area (Å²) in [5.74, 6) is -9.38. The molecule has 0 spiro atoms. The zero-order valence-electron chi connectivity index (χ0n) is 15.8. The first-order chi connectivity index (χ1) is 13.6. The smallest absolute Gasteiger partial charge is 0.226 e. The number of hydrogen-bond donors (Lipinski definition) is 1. The number of benzene rings is 2. The fourth-order valence-corrected chi connectivity index (χ4v) is 3.14. The Labute approximate surface area is 179 Å². The van der Waals surface area contributed by atoms with Crippen LogP contribution in [0.5, 0.6) is 5.88 Å². The summed E-state index contributed by atoms with van der Waals surface area (Å²) < 4.78 is 56.8. The molecule has 1 radical (unpaired) electrons. The van der Waals surface area contributed by atoms with Gasteiger partial charge in [0.2, 0.25) is 11.7 Å². The molecule has 1 aromatic heterocycles. The maximum atomic E-state index is 14.4. The van der Waals surface area contributed by atoms with Gasteiger partial charge in [0.25, 0.3) is 0 Å². The first-order valence-corrected chi connectivity index (χ1v) is 8.27. The SMILES string of the molecule is Cc1cccc(C)c1C(=O)c1c(C)nn(-c2c(F)c(F)c(C#N)c(F)c2F)c1O.[Mn]. The summed E-state index contributed by atoms with van der Waals surface area (Å²) >= 11 is 0. The van der Waals surface area contributed by atoms with Crippen molar-refractivity contribution in [2.75, 3.05) is 0 Å². The number of nitrogens with zero attached hydrogens (tertiary/aromatic N) is 3. The molecule has 30 heavy (non-hydrogen) atoms. The van der Waals surface area contributed by atoms with Crippen LogP contribution in [0, 0.1) is 55.4 Å². The van der Waals surface area contributed by atoms with Crippen molar-refractivity contribution in [3.05, 3.63) is 75.0 Å². The maximum Gasteiger partial charge on any atom is 0.226 e. The van der Waals surface area contributed by atoms with Gasteiger partial charge in [0, 0.05) is 22.6 Å². The molecule has 0 unspecified atom stereocenters. The quantitative estimate of drug-likeness (QED) is 0.277. The van der Waals surface area contributed by atoms with Crippen LogP contribution in [0.2, 0.25) is 0 Å². The van der Waals surface area contributed by atoms with Gasteiger partial charge in [-0.2, -0.15) is 15.0 Å². The molecule has 0 fully saturated rings. The first kappa shape index (κ1) is 23.1. The topological polar surface area (TPSA) is 78.9 Å². The zero-order valence-corrected chi connectivity index (χ0v) is 17.0. The third kappa shape index (κ3) is 3.36. The molecule has 2 aromatic carbocycles. The molecule has 0 saturated carbocycles. The average molecular weight is 458 g/mol. The number of nitriles is 1. The van der Waals surface area contributed by atoms with Crippen LogP contribution < -0.4 is 0 Å². The molecule has 0 saturated heterocycles. The van der Waals surface area contributed by atoms with Crippen LogP contribution in [0.1, 0.15) is 38.3 Å². The largest absolute Gasteiger partial charge is 0.493 e. The minimum absolute atomic E-state index is 0. The fraction of sp³-hybridized carbons (Fsp3) is 0.150. The number of aryl methyl sites for hydroxylation is 3. The number of aromatic nitrogens is 2. The summed E-state index contributed by atoms with van der Waals surface area (Å²) in [4.78, 5) is 13.0. The molecule has 0 bridgehead atoms. The van der Waals surface area contributed by atoms with Gasteiger partial charge in [-0.3, -0.25) is 4.79 Å². The van der Waals surface area contributed by atoms with Crippen molar-refractivity contribution in [3.8, 4) is 17.6 Å². The number of aromatic hydroxyl groups is 1. The van der Waals surface area contributed by atoms with Crippen LogP contribution in [0.3, 0.4) is 0 Å². The summed E-state index contributed by atoms with van der Waals surface area (Å²) in [5, 5.41) is 22.8. The van der Waals surface area contributed by atoms with Gasteiger partial charge in [0.05, 0.1) is 5.69 Å². The maximum absolute atomic E-state index is 14.4. The zero-order chi connectivity index (χ0) is 21.6. The van der Waals surface area contributed by atoms with E-state index in [0.717, 1.165) is 6.07 Å². The summed E-state index contributed by atoms with van der Waals surface area (Å²) in [7, 11) is 0. The summed E-state index contributed by atoms with van der Waals surface area (Å²) in [6, 6.07) is 6.09. The van der Waals surface area contributed by atoms with Crippen molar-refractivity contribution in [2.45, 2.75) is 20.8 Å². The van der Waals surface area contributed by atoms with Crippen LogP contribution in [0.25, 0.3) is 5.69 Å². The Bertz CT molecular complexity index is 1180. The molecule has 0 amide bonds. The second-order valence-electron chi connectivity index (χ2n) is 6.38. The van der Waals surface area contributed by atoms with Crippen LogP contribution in [-0.4, -0.2) is 20.7 Å². The normalized spacial score (nSPS) is 10.5. The van der Waals surface area contributed by atoms with E-state index in [2.05, 4.69) is 5.10 Å². The number of halogens is 4. The van der Waals surface area contributed by atoms with Gasteiger partial charge in [-0.15, -0.1) is 0 Å². The molecule has 0 atom stereocenters. The van der Waals surface area contributed by atoms with Crippen LogP contribution in [0.4, 0.5) is 17.6 Å². The Morgan fingerprint density at radius 3 is 1.97 bits per heavy atom. The molecule has 1 N–H and O–H groups in total. The number of ketones is 1. The Hall–Kier alpha value is -3.15. The molecule has 155 valence electrons. The van der Waals surface area contributed by atoms with Gasteiger partial charge in [-0.1, -0.05) is 18.2 Å². The minimum Gasteiger partial charge on any atom is -0.493 e. The van der Waals surface area contributed by atoms with Crippen molar-refractivity contribution in [2.24, 2.45) is 0 Å². The molecule has 0 aliphatic carbocycles. The Kier molecular flexibility index (Phi) is 6.40. The Morgan fingerprint density at radius 2 is 1.50 bits per heavy atom. The Morgan fingerprint density at radius 1 is 1.00 bits per heavy atom. The van der Waals surface area contributed by atoms with Gasteiger partial charge in [-0.25, -0.2) is 17.6 Å². The molecule has 0 aliphatic heterocycles. The van der Waals surface area contributed by atoms with Crippen LogP contribution in [-0.2, 0) is 17.1 Å². The van der Waals surface area contributed by atoms with Gasteiger partial charge in [0.15, 0.2) is 23.3 Å². The van der Waals surface area contributed by atoms with Gasteiger partial charge >= 0.3 is 0 Å². The standard InChI is InChI=1S/C20H13F4N3O2.Mn/c1-8-5-4-6-9(2)12(8)19(28)13-10(3)26-27(20(13)29)18-16(23)14(21)11(7-25)15(22)17(18)24;/h4-6,29H,1-3H3;. The molecule has 5 nitrogen and oxygen atoms in total. The van der Waals surface area contributed by atoms with E-state index in [1.54, 1.807) is 32.0 Å². The fourth-order valence-electron chi connectivity index (χ4n) is 3.14. The van der Waals surface area contributed by atoms with E-state index in [1.165, 1.54) is 6.92 Å². The van der Waals surface area contributed by atoms with Gasteiger partial charge in [-0.05, 0) is 31.9 Å². The third-order valence-electron chi connectivity index (χ3n) is 4.54. The Balaban J connectivity index is 0.00000320. The van der Waals surface area contributed by atoms with E-state index in [4.69, 9.17) is 5.26 Å². The van der Waals surface area contributed by atoms with Crippen molar-refractivity contribution in [3.63, 3.8) is 0 Å². The molecular weight excluding hydrogens is 445 g/mol. The van der Waals surface area contributed by atoms with E-state index in [9.17, 15) is 27.5 Å². The number of carbonyl (C=O) groups excluding carboxylic acids is 1. The van der Waals surface area contributed by atoms with E-state index >= 15 is 0 Å². The summed E-state index contributed by atoms with van der Waals surface area (Å²) in [5.41, 5.74) is -1.86. The molecule has 0 aliphatic rings. The molecule has 1 heterocycles. The van der Waals surface area contributed by atoms with Crippen molar-refractivity contribution < 1.29 is 44.5 Å². The summed E-state index contributed by atoms with van der Waals surface area (Å²) in [6.07, 6.45) is 0. The molecule has 3 aromatic rings. The average Bonchev–Trinajstić information content (AvgIpc) is 2.94. The second-order valence-corrected chi connectivity index (χ2v) is 6.38. The van der Waals surface area contributed by atoms with Crippen LogP contribution in [0.15, 0.2) is 18.2 Å². The van der Waals surface area contributed by atoms with Crippen molar-refractivity contribution in [1.29, 1.82) is 5.26 Å². The van der Waals surface area contributed by atoms with Crippen molar-refractivity contribution >= 4 is 5.78 Å². The van der Waals surface area contributed by atoms with Crippen LogP contribution >= 0.6 is 0 Å². The summed E-state index contributed by atoms with van der Waals surface area (Å²) in [6.45, 7) is 4.63. The minimum atomic E-state index is -1.93. The third-order valence-corrected chi connectivity index (χ3v) is 4.54. The van der Waals surface area contributed by atoms with E-state index < -0.39 is 46.2 Å². The predicted molar refractivity (Wildman–Crippen MR) is 93.9 cm³/mol.